The van der Waals surface area contributed by atoms with Crippen LogP contribution in [-0.2, 0) is 12.7 Å². The van der Waals surface area contributed by atoms with Crippen LogP contribution in [0, 0.1) is 6.92 Å². The molecule has 2 amide bonds. The first-order chi connectivity index (χ1) is 17.8. The molecule has 0 aromatic heterocycles. The minimum atomic E-state index is -4.48. The SMILES string of the molecule is Cc1cccc(CNC(=O)N2CCCN(C3=Nc4ccc(C(F)(F)F)cc4Oc4ccccc43)CC2)c1. The maximum absolute atomic E-state index is 13.3. The van der Waals surface area contributed by atoms with Gasteiger partial charge in [-0.1, -0.05) is 42.0 Å². The normalized spacial score (nSPS) is 15.5. The van der Waals surface area contributed by atoms with Crippen LogP contribution < -0.4 is 10.1 Å². The lowest BCUT2D eigenvalue weighted by molar-refractivity contribution is -0.137. The summed E-state index contributed by atoms with van der Waals surface area (Å²) in [6.07, 6.45) is -3.76. The summed E-state index contributed by atoms with van der Waals surface area (Å²) in [6, 6.07) is 18.4. The molecule has 5 rings (SSSR count). The molecular formula is C28H27F3N4O2. The fourth-order valence-electron chi connectivity index (χ4n) is 4.58. The lowest BCUT2D eigenvalue weighted by Crippen LogP contribution is -2.42. The Kier molecular flexibility index (Phi) is 6.78. The molecular weight excluding hydrogens is 481 g/mol. The molecule has 1 saturated heterocycles. The molecule has 0 bridgehead atoms. The van der Waals surface area contributed by atoms with Crippen LogP contribution in [0.5, 0.6) is 11.5 Å². The predicted molar refractivity (Wildman–Crippen MR) is 135 cm³/mol. The molecule has 3 aromatic carbocycles. The summed E-state index contributed by atoms with van der Waals surface area (Å²) in [7, 11) is 0. The van der Waals surface area contributed by atoms with Crippen LogP contribution in [0.4, 0.5) is 23.7 Å². The first kappa shape index (κ1) is 24.7. The molecule has 6 nitrogen and oxygen atoms in total. The van der Waals surface area contributed by atoms with Crippen LogP contribution in [0.25, 0.3) is 0 Å². The highest BCUT2D eigenvalue weighted by Crippen LogP contribution is 2.41. The molecule has 0 spiro atoms. The molecule has 2 aliphatic rings. The van der Waals surface area contributed by atoms with E-state index in [1.165, 1.54) is 6.07 Å². The second-order valence-corrected chi connectivity index (χ2v) is 9.19. The summed E-state index contributed by atoms with van der Waals surface area (Å²) in [5.41, 5.74) is 2.42. The van der Waals surface area contributed by atoms with Gasteiger partial charge in [0.25, 0.3) is 0 Å². The Balaban J connectivity index is 1.35. The summed E-state index contributed by atoms with van der Waals surface area (Å²) >= 11 is 0. The summed E-state index contributed by atoms with van der Waals surface area (Å²) in [5, 5.41) is 3.00. The lowest BCUT2D eigenvalue weighted by Gasteiger charge is -2.25. The number of nitrogens with zero attached hydrogens (tertiary/aromatic N) is 3. The van der Waals surface area contributed by atoms with Gasteiger partial charge in [0.1, 0.15) is 17.3 Å². The second kappa shape index (κ2) is 10.2. The number of alkyl halides is 3. The minimum Gasteiger partial charge on any atom is -0.454 e. The number of ether oxygens (including phenoxy) is 1. The van der Waals surface area contributed by atoms with E-state index in [-0.39, 0.29) is 11.8 Å². The van der Waals surface area contributed by atoms with Crippen molar-refractivity contribution < 1.29 is 22.7 Å². The third kappa shape index (κ3) is 5.55. The zero-order chi connectivity index (χ0) is 26.0. The van der Waals surface area contributed by atoms with Crippen LogP contribution in [-0.4, -0.2) is 47.8 Å². The van der Waals surface area contributed by atoms with Gasteiger partial charge >= 0.3 is 12.2 Å². The molecule has 0 unspecified atom stereocenters. The van der Waals surface area contributed by atoms with E-state index in [1.54, 1.807) is 17.0 Å². The number of halogens is 3. The largest absolute Gasteiger partial charge is 0.454 e. The molecule has 192 valence electrons. The fourth-order valence-corrected chi connectivity index (χ4v) is 4.58. The number of carbonyl (C=O) groups is 1. The van der Waals surface area contributed by atoms with Gasteiger partial charge in [-0.2, -0.15) is 13.2 Å². The molecule has 2 heterocycles. The number of aryl methyl sites for hydroxylation is 1. The van der Waals surface area contributed by atoms with Gasteiger partial charge in [-0.15, -0.1) is 0 Å². The van der Waals surface area contributed by atoms with E-state index in [2.05, 4.69) is 10.2 Å². The molecule has 2 aliphatic heterocycles. The van der Waals surface area contributed by atoms with Crippen molar-refractivity contribution in [2.75, 3.05) is 26.2 Å². The number of rotatable bonds is 2. The van der Waals surface area contributed by atoms with Crippen LogP contribution in [0.15, 0.2) is 71.7 Å². The van der Waals surface area contributed by atoms with Crippen LogP contribution in [0.2, 0.25) is 0 Å². The Bertz CT molecular complexity index is 1340. The molecule has 37 heavy (non-hydrogen) atoms. The van der Waals surface area contributed by atoms with Crippen molar-refractivity contribution in [3.8, 4) is 11.5 Å². The van der Waals surface area contributed by atoms with Gasteiger partial charge in [-0.25, -0.2) is 9.79 Å². The molecule has 9 heteroatoms. The van der Waals surface area contributed by atoms with E-state index in [0.717, 1.165) is 29.7 Å². The average Bonchev–Trinajstić information content (AvgIpc) is 3.21. The predicted octanol–water partition coefficient (Wildman–Crippen LogP) is 6.12. The minimum absolute atomic E-state index is 0.0595. The second-order valence-electron chi connectivity index (χ2n) is 9.19. The van der Waals surface area contributed by atoms with Crippen LogP contribution >= 0.6 is 0 Å². The van der Waals surface area contributed by atoms with Crippen LogP contribution in [0.3, 0.4) is 0 Å². The maximum Gasteiger partial charge on any atom is 0.416 e. The van der Waals surface area contributed by atoms with Gasteiger partial charge < -0.3 is 19.9 Å². The Morgan fingerprint density at radius 1 is 0.973 bits per heavy atom. The number of hydrogen-bond acceptors (Lipinski definition) is 4. The summed E-state index contributed by atoms with van der Waals surface area (Å²) in [4.78, 5) is 21.5. The summed E-state index contributed by atoms with van der Waals surface area (Å²) in [5.74, 6) is 1.12. The van der Waals surface area contributed by atoms with E-state index >= 15 is 0 Å². The number of para-hydroxylation sites is 1. The van der Waals surface area contributed by atoms with Gasteiger partial charge in [0.2, 0.25) is 0 Å². The number of amidine groups is 1. The number of benzene rings is 3. The first-order valence-corrected chi connectivity index (χ1v) is 12.2. The standard InChI is InChI=1S/C28H27F3N4O2/c1-19-6-4-7-20(16-19)18-32-27(36)35-13-5-12-34(14-15-35)26-22-8-2-3-9-24(22)37-25-17-21(28(29,30)31)10-11-23(25)33-26/h2-4,6-11,16-17H,5,12-15,18H2,1H3,(H,32,36). The number of carbonyl (C=O) groups excluding carboxylic acids is 1. The van der Waals surface area contributed by atoms with Gasteiger partial charge in [0.15, 0.2) is 5.75 Å². The van der Waals surface area contributed by atoms with Crippen molar-refractivity contribution in [2.45, 2.75) is 26.1 Å². The number of urea groups is 1. The zero-order valence-electron chi connectivity index (χ0n) is 20.4. The Morgan fingerprint density at radius 2 is 1.81 bits per heavy atom. The highest BCUT2D eigenvalue weighted by Gasteiger charge is 2.32. The smallest absolute Gasteiger partial charge is 0.416 e. The van der Waals surface area contributed by atoms with E-state index in [0.29, 0.717) is 55.6 Å². The van der Waals surface area contributed by atoms with E-state index in [1.807, 2.05) is 43.3 Å². The van der Waals surface area contributed by atoms with Crippen LogP contribution in [0.1, 0.15) is 28.7 Å². The fraction of sp³-hybridized carbons (Fsp3) is 0.286. The van der Waals surface area contributed by atoms with Gasteiger partial charge in [0, 0.05) is 32.7 Å². The molecule has 3 aromatic rings. The highest BCUT2D eigenvalue weighted by atomic mass is 19.4. The highest BCUT2D eigenvalue weighted by molar-refractivity contribution is 6.03. The van der Waals surface area contributed by atoms with Crippen molar-refractivity contribution in [3.05, 3.63) is 89.0 Å². The molecule has 0 saturated carbocycles. The van der Waals surface area contributed by atoms with E-state index in [9.17, 15) is 18.0 Å². The van der Waals surface area contributed by atoms with Gasteiger partial charge in [0.05, 0.1) is 11.1 Å². The van der Waals surface area contributed by atoms with Gasteiger partial charge in [-0.3, -0.25) is 0 Å². The first-order valence-electron chi connectivity index (χ1n) is 12.2. The molecule has 1 N–H and O–H groups in total. The van der Waals surface area contributed by atoms with Crippen molar-refractivity contribution in [2.24, 2.45) is 4.99 Å². The summed E-state index contributed by atoms with van der Waals surface area (Å²) in [6.45, 7) is 4.72. The topological polar surface area (TPSA) is 57.2 Å². The molecule has 0 aliphatic carbocycles. The van der Waals surface area contributed by atoms with Crippen molar-refractivity contribution in [3.63, 3.8) is 0 Å². The quantitative estimate of drug-likeness (QED) is 0.454. The molecule has 1 fully saturated rings. The summed E-state index contributed by atoms with van der Waals surface area (Å²) < 4.78 is 45.8. The van der Waals surface area contributed by atoms with Crippen molar-refractivity contribution in [1.82, 2.24) is 15.1 Å². The average molecular weight is 509 g/mol. The van der Waals surface area contributed by atoms with E-state index < -0.39 is 11.7 Å². The number of aliphatic imine (C=N–C) groups is 1. The Hall–Kier alpha value is -4.01. The lowest BCUT2D eigenvalue weighted by atomic mass is 10.1. The number of nitrogens with one attached hydrogen (secondary N) is 1. The third-order valence-electron chi connectivity index (χ3n) is 6.47. The van der Waals surface area contributed by atoms with Gasteiger partial charge in [-0.05, 0) is 49.2 Å². The third-order valence-corrected chi connectivity index (χ3v) is 6.47. The number of fused-ring (bicyclic) bond motifs is 2. The number of amides is 2. The zero-order valence-corrected chi connectivity index (χ0v) is 20.4. The van der Waals surface area contributed by atoms with Crippen molar-refractivity contribution in [1.29, 1.82) is 0 Å². The maximum atomic E-state index is 13.3. The van der Waals surface area contributed by atoms with E-state index in [4.69, 9.17) is 9.73 Å². The molecule has 0 atom stereocenters. The molecule has 0 radical (unpaired) electrons. The monoisotopic (exact) mass is 508 g/mol. The Labute approximate surface area is 213 Å². The van der Waals surface area contributed by atoms with Crippen molar-refractivity contribution >= 4 is 17.6 Å². The Morgan fingerprint density at radius 3 is 2.62 bits per heavy atom. The number of hydrogen-bond donors (Lipinski definition) is 1.